The standard InChI is InChI=1S/C11H19N5O/c1-8(6-9-2-3-9)13-11(17)10-7-16(5-4-12)15-14-10/h7-9H,2-6,12H2,1H3,(H,13,17). The average molecular weight is 237 g/mol. The van der Waals surface area contributed by atoms with E-state index in [0.717, 1.165) is 12.3 Å². The molecule has 1 saturated carbocycles. The van der Waals surface area contributed by atoms with Gasteiger partial charge < -0.3 is 11.1 Å². The van der Waals surface area contributed by atoms with Crippen molar-refractivity contribution in [2.45, 2.75) is 38.8 Å². The number of amides is 1. The number of hydrogen-bond donors (Lipinski definition) is 2. The first-order chi connectivity index (χ1) is 8.19. The van der Waals surface area contributed by atoms with Crippen molar-refractivity contribution in [3.05, 3.63) is 11.9 Å². The predicted octanol–water partition coefficient (Wildman–Crippen LogP) is 0.155. The van der Waals surface area contributed by atoms with Crippen molar-refractivity contribution in [3.63, 3.8) is 0 Å². The van der Waals surface area contributed by atoms with Gasteiger partial charge in [-0.25, -0.2) is 0 Å². The summed E-state index contributed by atoms with van der Waals surface area (Å²) in [5, 5.41) is 10.6. The molecule has 1 heterocycles. The summed E-state index contributed by atoms with van der Waals surface area (Å²) in [5.74, 6) is 0.652. The molecule has 0 aliphatic heterocycles. The fraction of sp³-hybridized carbons (Fsp3) is 0.727. The molecule has 1 aromatic heterocycles. The minimum absolute atomic E-state index is 0.151. The highest BCUT2D eigenvalue weighted by Crippen LogP contribution is 2.33. The minimum atomic E-state index is -0.151. The lowest BCUT2D eigenvalue weighted by atomic mass is 10.1. The fourth-order valence-corrected chi connectivity index (χ4v) is 1.85. The van der Waals surface area contributed by atoms with Gasteiger partial charge in [0.05, 0.1) is 12.7 Å². The summed E-state index contributed by atoms with van der Waals surface area (Å²) in [6.07, 6.45) is 5.29. The van der Waals surface area contributed by atoms with Crippen molar-refractivity contribution >= 4 is 5.91 Å². The molecule has 1 unspecified atom stereocenters. The van der Waals surface area contributed by atoms with E-state index in [0.29, 0.717) is 18.8 Å². The number of nitrogens with one attached hydrogen (secondary N) is 1. The Hall–Kier alpha value is -1.43. The van der Waals surface area contributed by atoms with Crippen LogP contribution < -0.4 is 11.1 Å². The molecule has 3 N–H and O–H groups in total. The molecule has 1 atom stereocenters. The first kappa shape index (κ1) is 12.0. The van der Waals surface area contributed by atoms with Crippen molar-refractivity contribution in [1.82, 2.24) is 20.3 Å². The smallest absolute Gasteiger partial charge is 0.273 e. The van der Waals surface area contributed by atoms with Crippen LogP contribution in [0.1, 0.15) is 36.7 Å². The number of carbonyl (C=O) groups is 1. The van der Waals surface area contributed by atoms with Gasteiger partial charge in [-0.05, 0) is 19.3 Å². The SMILES string of the molecule is CC(CC1CC1)NC(=O)c1cn(CCN)nn1. The molecule has 0 spiro atoms. The van der Waals surface area contributed by atoms with Crippen LogP contribution in [0.2, 0.25) is 0 Å². The zero-order chi connectivity index (χ0) is 12.3. The molecule has 6 heteroatoms. The van der Waals surface area contributed by atoms with E-state index < -0.39 is 0 Å². The van der Waals surface area contributed by atoms with Gasteiger partial charge in [-0.2, -0.15) is 0 Å². The van der Waals surface area contributed by atoms with Gasteiger partial charge in [0.25, 0.3) is 5.91 Å². The molecule has 1 aromatic rings. The van der Waals surface area contributed by atoms with Gasteiger partial charge in [-0.15, -0.1) is 5.10 Å². The average Bonchev–Trinajstić information content (AvgIpc) is 2.95. The Morgan fingerprint density at radius 3 is 3.12 bits per heavy atom. The summed E-state index contributed by atoms with van der Waals surface area (Å²) in [6, 6.07) is 0.203. The summed E-state index contributed by atoms with van der Waals surface area (Å²) in [4.78, 5) is 11.8. The first-order valence-electron chi connectivity index (χ1n) is 6.10. The number of rotatable bonds is 6. The molecule has 0 aromatic carbocycles. The van der Waals surface area contributed by atoms with E-state index in [1.807, 2.05) is 6.92 Å². The third-order valence-electron chi connectivity index (χ3n) is 2.89. The Labute approximate surface area is 101 Å². The van der Waals surface area contributed by atoms with E-state index in [9.17, 15) is 4.79 Å². The zero-order valence-corrected chi connectivity index (χ0v) is 10.1. The van der Waals surface area contributed by atoms with E-state index in [1.54, 1.807) is 10.9 Å². The largest absolute Gasteiger partial charge is 0.348 e. The molecule has 1 amide bonds. The lowest BCUT2D eigenvalue weighted by molar-refractivity contribution is 0.0932. The van der Waals surface area contributed by atoms with Crippen LogP contribution in [0.15, 0.2) is 6.20 Å². The lowest BCUT2D eigenvalue weighted by Crippen LogP contribution is -2.33. The maximum absolute atomic E-state index is 11.8. The molecule has 94 valence electrons. The quantitative estimate of drug-likeness (QED) is 0.737. The summed E-state index contributed by atoms with van der Waals surface area (Å²) in [7, 11) is 0. The minimum Gasteiger partial charge on any atom is -0.348 e. The van der Waals surface area contributed by atoms with Crippen LogP contribution in [-0.2, 0) is 6.54 Å². The molecule has 0 radical (unpaired) electrons. The second-order valence-corrected chi connectivity index (χ2v) is 4.71. The number of hydrogen-bond acceptors (Lipinski definition) is 4. The van der Waals surface area contributed by atoms with E-state index in [-0.39, 0.29) is 11.9 Å². The van der Waals surface area contributed by atoms with Gasteiger partial charge >= 0.3 is 0 Å². The fourth-order valence-electron chi connectivity index (χ4n) is 1.85. The maximum atomic E-state index is 11.8. The van der Waals surface area contributed by atoms with Gasteiger partial charge in [-0.3, -0.25) is 9.48 Å². The third kappa shape index (κ3) is 3.52. The van der Waals surface area contributed by atoms with Crippen LogP contribution in [0.5, 0.6) is 0 Å². The topological polar surface area (TPSA) is 85.8 Å². The monoisotopic (exact) mass is 237 g/mol. The second kappa shape index (κ2) is 5.27. The van der Waals surface area contributed by atoms with Crippen LogP contribution in [0.3, 0.4) is 0 Å². The Kier molecular flexibility index (Phi) is 3.73. The van der Waals surface area contributed by atoms with Gasteiger partial charge in [0.15, 0.2) is 5.69 Å². The second-order valence-electron chi connectivity index (χ2n) is 4.71. The molecular formula is C11H19N5O. The number of aromatic nitrogens is 3. The normalized spacial score (nSPS) is 16.8. The van der Waals surface area contributed by atoms with Crippen LogP contribution in [-0.4, -0.2) is 33.5 Å². The highest BCUT2D eigenvalue weighted by atomic mass is 16.2. The summed E-state index contributed by atoms with van der Waals surface area (Å²) < 4.78 is 1.58. The Bertz CT molecular complexity index is 385. The predicted molar refractivity (Wildman–Crippen MR) is 63.3 cm³/mol. The van der Waals surface area contributed by atoms with Crippen molar-refractivity contribution in [1.29, 1.82) is 0 Å². The van der Waals surface area contributed by atoms with Gasteiger partial charge in [0.2, 0.25) is 0 Å². The molecule has 6 nitrogen and oxygen atoms in total. The van der Waals surface area contributed by atoms with E-state index >= 15 is 0 Å². The Balaban J connectivity index is 1.84. The van der Waals surface area contributed by atoms with Crippen molar-refractivity contribution in [2.24, 2.45) is 11.7 Å². The summed E-state index contributed by atoms with van der Waals surface area (Å²) in [6.45, 7) is 3.10. The first-order valence-corrected chi connectivity index (χ1v) is 6.10. The van der Waals surface area contributed by atoms with Crippen molar-refractivity contribution in [3.8, 4) is 0 Å². The summed E-state index contributed by atoms with van der Waals surface area (Å²) >= 11 is 0. The molecule has 17 heavy (non-hydrogen) atoms. The molecule has 1 aliphatic rings. The third-order valence-corrected chi connectivity index (χ3v) is 2.89. The van der Waals surface area contributed by atoms with Crippen LogP contribution in [0.25, 0.3) is 0 Å². The molecule has 0 saturated heterocycles. The molecular weight excluding hydrogens is 218 g/mol. The van der Waals surface area contributed by atoms with Crippen molar-refractivity contribution in [2.75, 3.05) is 6.54 Å². The Morgan fingerprint density at radius 1 is 1.71 bits per heavy atom. The van der Waals surface area contributed by atoms with Crippen LogP contribution in [0.4, 0.5) is 0 Å². The number of nitrogens with zero attached hydrogens (tertiary/aromatic N) is 3. The maximum Gasteiger partial charge on any atom is 0.273 e. The van der Waals surface area contributed by atoms with Crippen molar-refractivity contribution < 1.29 is 4.79 Å². The van der Waals surface area contributed by atoms with Gasteiger partial charge in [0, 0.05) is 12.6 Å². The van der Waals surface area contributed by atoms with E-state index in [1.165, 1.54) is 12.8 Å². The molecule has 2 rings (SSSR count). The van der Waals surface area contributed by atoms with Crippen LogP contribution in [0, 0.1) is 5.92 Å². The number of carbonyl (C=O) groups excluding carboxylic acids is 1. The molecule has 0 bridgehead atoms. The number of nitrogens with two attached hydrogens (primary N) is 1. The summed E-state index contributed by atoms with van der Waals surface area (Å²) in [5.41, 5.74) is 5.76. The van der Waals surface area contributed by atoms with Gasteiger partial charge in [0.1, 0.15) is 0 Å². The van der Waals surface area contributed by atoms with E-state index in [4.69, 9.17) is 5.73 Å². The molecule has 1 aliphatic carbocycles. The Morgan fingerprint density at radius 2 is 2.47 bits per heavy atom. The van der Waals surface area contributed by atoms with E-state index in [2.05, 4.69) is 15.6 Å². The highest BCUT2D eigenvalue weighted by molar-refractivity contribution is 5.92. The zero-order valence-electron chi connectivity index (χ0n) is 10.1. The lowest BCUT2D eigenvalue weighted by Gasteiger charge is -2.11. The highest BCUT2D eigenvalue weighted by Gasteiger charge is 2.24. The van der Waals surface area contributed by atoms with Crippen LogP contribution >= 0.6 is 0 Å². The van der Waals surface area contributed by atoms with Gasteiger partial charge in [-0.1, -0.05) is 18.1 Å². The molecule has 1 fully saturated rings.